The highest BCUT2D eigenvalue weighted by Crippen LogP contribution is 2.30. The van der Waals surface area contributed by atoms with Crippen molar-refractivity contribution in [3.63, 3.8) is 0 Å². The molecule has 0 amide bonds. The fourth-order valence-corrected chi connectivity index (χ4v) is 2.22. The molecule has 0 aliphatic carbocycles. The number of halogens is 1. The molecule has 2 rings (SSSR count). The van der Waals surface area contributed by atoms with Crippen molar-refractivity contribution in [3.8, 4) is 0 Å². The van der Waals surface area contributed by atoms with E-state index in [-0.39, 0.29) is 0 Å². The number of hydrogen-bond donors (Lipinski definition) is 1. The summed E-state index contributed by atoms with van der Waals surface area (Å²) < 4.78 is 1.03. The minimum Gasteiger partial charge on any atom is -0.386 e. The van der Waals surface area contributed by atoms with Crippen molar-refractivity contribution in [2.45, 2.75) is 18.9 Å². The lowest BCUT2D eigenvalue weighted by atomic mass is 9.91. The van der Waals surface area contributed by atoms with Gasteiger partial charge in [0.25, 0.3) is 0 Å². The predicted molar refractivity (Wildman–Crippen MR) is 62.2 cm³/mol. The van der Waals surface area contributed by atoms with Gasteiger partial charge in [0.1, 0.15) is 12.1 Å². The van der Waals surface area contributed by atoms with Gasteiger partial charge in [-0.1, -0.05) is 6.92 Å². The third-order valence-electron chi connectivity index (χ3n) is 2.58. The van der Waals surface area contributed by atoms with E-state index in [9.17, 15) is 5.11 Å². The molecule has 0 aromatic carbocycles. The van der Waals surface area contributed by atoms with Crippen LogP contribution in [0.25, 0.3) is 0 Å². The summed E-state index contributed by atoms with van der Waals surface area (Å²) in [5.41, 5.74) is -0.506. The fourth-order valence-electron chi connectivity index (χ4n) is 1.58. The molecular weight excluding hydrogens is 293 g/mol. The summed E-state index contributed by atoms with van der Waals surface area (Å²) in [6.45, 7) is 3.36. The summed E-state index contributed by atoms with van der Waals surface area (Å²) in [7, 11) is 0. The second kappa shape index (κ2) is 3.62. The van der Waals surface area contributed by atoms with Crippen LogP contribution in [0.5, 0.6) is 0 Å². The molecule has 1 fully saturated rings. The molecule has 1 N–H and O–H groups in total. The van der Waals surface area contributed by atoms with Gasteiger partial charge in [-0.05, 0) is 29.0 Å². The molecule has 0 unspecified atom stereocenters. The highest BCUT2D eigenvalue weighted by atomic mass is 127. The van der Waals surface area contributed by atoms with Gasteiger partial charge in [0.15, 0.2) is 0 Å². The molecule has 1 saturated heterocycles. The molecule has 1 aliphatic rings. The van der Waals surface area contributed by atoms with Crippen LogP contribution >= 0.6 is 22.6 Å². The average molecular weight is 305 g/mol. The maximum Gasteiger partial charge on any atom is 0.145 e. The van der Waals surface area contributed by atoms with Gasteiger partial charge in [-0.3, -0.25) is 0 Å². The first-order valence-corrected chi connectivity index (χ1v) is 5.65. The van der Waals surface area contributed by atoms with Crippen LogP contribution in [0, 0.1) is 3.57 Å². The summed E-state index contributed by atoms with van der Waals surface area (Å²) in [5, 5.41) is 9.85. The lowest BCUT2D eigenvalue weighted by molar-refractivity contribution is 0.00795. The number of aliphatic hydroxyl groups is 1. The molecule has 1 aromatic heterocycles. The minimum absolute atomic E-state index is 0.506. The average Bonchev–Trinajstić information content (AvgIpc) is 2.14. The van der Waals surface area contributed by atoms with Crippen molar-refractivity contribution >= 4 is 28.4 Å². The normalized spacial score (nSPS) is 19.2. The van der Waals surface area contributed by atoms with Gasteiger partial charge < -0.3 is 10.0 Å². The van der Waals surface area contributed by atoms with Gasteiger partial charge >= 0.3 is 0 Å². The number of rotatable bonds is 2. The third-order valence-corrected chi connectivity index (χ3v) is 3.34. The molecule has 76 valence electrons. The van der Waals surface area contributed by atoms with Crippen molar-refractivity contribution in [2.24, 2.45) is 0 Å². The van der Waals surface area contributed by atoms with Crippen LogP contribution in [0.2, 0.25) is 0 Å². The number of anilines is 1. The van der Waals surface area contributed by atoms with Crippen molar-refractivity contribution < 1.29 is 5.11 Å². The lowest BCUT2D eigenvalue weighted by Gasteiger charge is -2.46. The highest BCUT2D eigenvalue weighted by molar-refractivity contribution is 14.1. The Labute approximate surface area is 96.5 Å². The van der Waals surface area contributed by atoms with Gasteiger partial charge in [0, 0.05) is 19.3 Å². The Bertz CT molecular complexity index is 339. The highest BCUT2D eigenvalue weighted by Gasteiger charge is 2.40. The summed E-state index contributed by atoms with van der Waals surface area (Å²) >= 11 is 2.21. The molecule has 0 saturated carbocycles. The van der Waals surface area contributed by atoms with E-state index in [1.807, 2.05) is 6.92 Å². The van der Waals surface area contributed by atoms with Crippen molar-refractivity contribution in [1.82, 2.24) is 9.97 Å². The summed E-state index contributed by atoms with van der Waals surface area (Å²) in [5.74, 6) is 0.929. The molecular formula is C9H12IN3O. The van der Waals surface area contributed by atoms with E-state index in [2.05, 4.69) is 37.5 Å². The molecule has 1 aromatic rings. The monoisotopic (exact) mass is 305 g/mol. The topological polar surface area (TPSA) is 49.2 Å². The summed E-state index contributed by atoms with van der Waals surface area (Å²) in [4.78, 5) is 10.2. The standard InChI is InChI=1S/C9H12IN3O/c1-2-9(14)4-13(5-9)8-7(10)3-11-6-12-8/h3,6,14H,2,4-5H2,1H3. The molecule has 0 spiro atoms. The maximum atomic E-state index is 9.85. The van der Waals surface area contributed by atoms with Crippen LogP contribution in [-0.2, 0) is 0 Å². The molecule has 0 radical (unpaired) electrons. The second-order valence-corrected chi connectivity index (χ2v) is 4.79. The Hall–Kier alpha value is -0.430. The van der Waals surface area contributed by atoms with E-state index < -0.39 is 5.60 Å². The van der Waals surface area contributed by atoms with Gasteiger partial charge in [-0.25, -0.2) is 9.97 Å². The minimum atomic E-state index is -0.506. The van der Waals surface area contributed by atoms with Crippen LogP contribution < -0.4 is 4.90 Å². The van der Waals surface area contributed by atoms with Crippen molar-refractivity contribution in [2.75, 3.05) is 18.0 Å². The Kier molecular flexibility index (Phi) is 2.61. The van der Waals surface area contributed by atoms with E-state index in [1.54, 1.807) is 12.5 Å². The van der Waals surface area contributed by atoms with Crippen LogP contribution in [0.1, 0.15) is 13.3 Å². The van der Waals surface area contributed by atoms with Crippen molar-refractivity contribution in [3.05, 3.63) is 16.1 Å². The summed E-state index contributed by atoms with van der Waals surface area (Å²) in [6.07, 6.45) is 4.12. The van der Waals surface area contributed by atoms with Gasteiger partial charge in [0.2, 0.25) is 0 Å². The molecule has 0 bridgehead atoms. The van der Waals surface area contributed by atoms with E-state index in [0.29, 0.717) is 13.1 Å². The molecule has 5 heteroatoms. The van der Waals surface area contributed by atoms with E-state index >= 15 is 0 Å². The fraction of sp³-hybridized carbons (Fsp3) is 0.556. The molecule has 14 heavy (non-hydrogen) atoms. The molecule has 2 heterocycles. The van der Waals surface area contributed by atoms with Crippen LogP contribution in [0.15, 0.2) is 12.5 Å². The number of nitrogens with zero attached hydrogens (tertiary/aromatic N) is 3. The van der Waals surface area contributed by atoms with Crippen molar-refractivity contribution in [1.29, 1.82) is 0 Å². The Morgan fingerprint density at radius 1 is 1.64 bits per heavy atom. The van der Waals surface area contributed by atoms with E-state index in [0.717, 1.165) is 15.8 Å². The van der Waals surface area contributed by atoms with Crippen LogP contribution in [-0.4, -0.2) is 33.8 Å². The van der Waals surface area contributed by atoms with E-state index in [4.69, 9.17) is 0 Å². The largest absolute Gasteiger partial charge is 0.386 e. The number of β-amino-alcohol motifs (C(OH)–C–C–N with tert-alkyl or cyclic N) is 1. The van der Waals surface area contributed by atoms with Gasteiger partial charge in [-0.2, -0.15) is 0 Å². The maximum absolute atomic E-state index is 9.85. The Balaban J connectivity index is 2.10. The van der Waals surface area contributed by atoms with Gasteiger partial charge in [-0.15, -0.1) is 0 Å². The number of hydrogen-bond acceptors (Lipinski definition) is 4. The van der Waals surface area contributed by atoms with Crippen LogP contribution in [0.4, 0.5) is 5.82 Å². The Morgan fingerprint density at radius 2 is 2.36 bits per heavy atom. The van der Waals surface area contributed by atoms with Gasteiger partial charge in [0.05, 0.1) is 9.17 Å². The first-order chi connectivity index (χ1) is 6.64. The smallest absolute Gasteiger partial charge is 0.145 e. The molecule has 4 nitrogen and oxygen atoms in total. The number of aromatic nitrogens is 2. The zero-order chi connectivity index (χ0) is 10.2. The predicted octanol–water partition coefficient (Wildman–Crippen LogP) is 1.04. The third kappa shape index (κ3) is 1.70. The summed E-state index contributed by atoms with van der Waals surface area (Å²) in [6, 6.07) is 0. The van der Waals surface area contributed by atoms with E-state index in [1.165, 1.54) is 0 Å². The first kappa shape index (κ1) is 10.1. The molecule has 1 aliphatic heterocycles. The SMILES string of the molecule is CCC1(O)CN(c2ncncc2I)C1. The quantitative estimate of drug-likeness (QED) is 0.830. The zero-order valence-corrected chi connectivity index (χ0v) is 10.1. The Morgan fingerprint density at radius 3 is 2.93 bits per heavy atom. The zero-order valence-electron chi connectivity index (χ0n) is 7.94. The second-order valence-electron chi connectivity index (χ2n) is 3.63. The molecule has 0 atom stereocenters. The van der Waals surface area contributed by atoms with Crippen LogP contribution in [0.3, 0.4) is 0 Å². The lowest BCUT2D eigenvalue weighted by Crippen LogP contribution is -2.62. The first-order valence-electron chi connectivity index (χ1n) is 4.57.